The van der Waals surface area contributed by atoms with Gasteiger partial charge in [0, 0.05) is 37.1 Å². The van der Waals surface area contributed by atoms with Crippen LogP contribution in [0.4, 0.5) is 11.4 Å². The Morgan fingerprint density at radius 3 is 2.52 bits per heavy atom. The van der Waals surface area contributed by atoms with Crippen LogP contribution in [0.1, 0.15) is 40.4 Å². The molecule has 1 aliphatic heterocycles. The van der Waals surface area contributed by atoms with Gasteiger partial charge >= 0.3 is 0 Å². The van der Waals surface area contributed by atoms with E-state index >= 15 is 0 Å². The molecule has 1 aromatic carbocycles. The average molecular weight is 388 g/mol. The quantitative estimate of drug-likeness (QED) is 0.552. The van der Waals surface area contributed by atoms with Crippen molar-refractivity contribution in [2.24, 2.45) is 0 Å². The highest BCUT2D eigenvalue weighted by molar-refractivity contribution is 7.14. The number of hydrogen-bond acceptors (Lipinski definition) is 5. The summed E-state index contributed by atoms with van der Waals surface area (Å²) in [5.74, 6) is 0.0827. The minimum atomic E-state index is -0.347. The number of nitrogens with zero attached hydrogens (tertiary/aromatic N) is 3. The van der Waals surface area contributed by atoms with Crippen molar-refractivity contribution in [2.75, 3.05) is 31.1 Å². The summed E-state index contributed by atoms with van der Waals surface area (Å²) in [5.41, 5.74) is 2.03. The molecule has 6 nitrogen and oxygen atoms in total. The van der Waals surface area contributed by atoms with Gasteiger partial charge < -0.3 is 9.80 Å². The van der Waals surface area contributed by atoms with E-state index in [2.05, 4.69) is 13.8 Å². The van der Waals surface area contributed by atoms with Crippen molar-refractivity contribution in [3.05, 3.63) is 55.8 Å². The number of para-hydroxylation sites is 2. The number of rotatable bonds is 6. The average Bonchev–Trinajstić information content (AvgIpc) is 3.11. The Hall–Kier alpha value is -2.41. The van der Waals surface area contributed by atoms with Gasteiger partial charge in [-0.2, -0.15) is 0 Å². The Morgan fingerprint density at radius 2 is 1.89 bits per heavy atom. The Kier molecular flexibility index (Phi) is 6.11. The van der Waals surface area contributed by atoms with E-state index in [0.29, 0.717) is 31.9 Å². The summed E-state index contributed by atoms with van der Waals surface area (Å²) in [5, 5.41) is 11.3. The molecule has 27 heavy (non-hydrogen) atoms. The number of nitro benzene ring substituents is 1. The van der Waals surface area contributed by atoms with Gasteiger partial charge in [0.2, 0.25) is 0 Å². The third kappa shape index (κ3) is 4.13. The molecule has 1 fully saturated rings. The number of thiophene rings is 1. The molecule has 0 N–H and O–H groups in total. The lowest BCUT2D eigenvalue weighted by Crippen LogP contribution is -2.48. The Bertz CT molecular complexity index is 826. The van der Waals surface area contributed by atoms with Crippen LogP contribution in [0.2, 0.25) is 0 Å². The molecular formula is C20H25N3O3S. The smallest absolute Gasteiger partial charge is 0.292 e. The molecule has 144 valence electrons. The van der Waals surface area contributed by atoms with Crippen LogP contribution in [-0.4, -0.2) is 41.9 Å². The first-order valence-corrected chi connectivity index (χ1v) is 10.3. The van der Waals surface area contributed by atoms with Crippen LogP contribution < -0.4 is 4.90 Å². The number of carbonyl (C=O) groups is 1. The first kappa shape index (κ1) is 19.4. The number of benzene rings is 1. The molecule has 1 aliphatic rings. The van der Waals surface area contributed by atoms with E-state index in [0.717, 1.165) is 24.1 Å². The zero-order chi connectivity index (χ0) is 19.4. The van der Waals surface area contributed by atoms with Gasteiger partial charge in [0.15, 0.2) is 0 Å². The van der Waals surface area contributed by atoms with Gasteiger partial charge in [-0.25, -0.2) is 0 Å². The molecule has 1 saturated heterocycles. The van der Waals surface area contributed by atoms with Gasteiger partial charge in [-0.05, 0) is 30.5 Å². The second-order valence-electron chi connectivity index (χ2n) is 6.69. The van der Waals surface area contributed by atoms with Crippen LogP contribution in [0.25, 0.3) is 0 Å². The number of anilines is 1. The first-order chi connectivity index (χ1) is 13.0. The predicted molar refractivity (Wildman–Crippen MR) is 109 cm³/mol. The van der Waals surface area contributed by atoms with E-state index in [1.165, 1.54) is 16.5 Å². The van der Waals surface area contributed by atoms with Crippen LogP contribution in [0, 0.1) is 10.1 Å². The van der Waals surface area contributed by atoms with E-state index in [1.807, 2.05) is 21.9 Å². The van der Waals surface area contributed by atoms with Crippen LogP contribution in [-0.2, 0) is 12.8 Å². The zero-order valence-electron chi connectivity index (χ0n) is 15.8. The minimum Gasteiger partial charge on any atom is -0.362 e. The molecule has 1 amide bonds. The van der Waals surface area contributed by atoms with Gasteiger partial charge in [-0.15, -0.1) is 11.3 Å². The standard InChI is InChI=1S/C20H25N3O3S/c1-3-7-18-15(4-2)14-19(27-18)20(24)22-12-10-21(11-13-22)16-8-5-6-9-17(16)23(25)26/h5-6,8-9,14H,3-4,7,10-13H2,1-2H3. The second-order valence-corrected chi connectivity index (χ2v) is 7.82. The van der Waals surface area contributed by atoms with Crippen LogP contribution in [0.3, 0.4) is 0 Å². The molecule has 2 heterocycles. The molecular weight excluding hydrogens is 362 g/mol. The molecule has 3 rings (SSSR count). The van der Waals surface area contributed by atoms with Crippen molar-refractivity contribution in [1.82, 2.24) is 4.90 Å². The van der Waals surface area contributed by atoms with Crippen molar-refractivity contribution in [2.45, 2.75) is 33.1 Å². The topological polar surface area (TPSA) is 66.7 Å². The molecule has 0 unspecified atom stereocenters. The lowest BCUT2D eigenvalue weighted by atomic mass is 10.1. The monoisotopic (exact) mass is 387 g/mol. The highest BCUT2D eigenvalue weighted by atomic mass is 32.1. The summed E-state index contributed by atoms with van der Waals surface area (Å²) in [6.07, 6.45) is 3.05. The van der Waals surface area contributed by atoms with Crippen molar-refractivity contribution in [3.63, 3.8) is 0 Å². The molecule has 0 spiro atoms. The summed E-state index contributed by atoms with van der Waals surface area (Å²) in [7, 11) is 0. The molecule has 0 atom stereocenters. The van der Waals surface area contributed by atoms with Gasteiger partial charge in [0.05, 0.1) is 9.80 Å². The van der Waals surface area contributed by atoms with E-state index < -0.39 is 0 Å². The van der Waals surface area contributed by atoms with Crippen molar-refractivity contribution < 1.29 is 9.72 Å². The molecule has 0 saturated carbocycles. The van der Waals surface area contributed by atoms with Crippen LogP contribution in [0.15, 0.2) is 30.3 Å². The first-order valence-electron chi connectivity index (χ1n) is 9.44. The Balaban J connectivity index is 1.69. The van der Waals surface area contributed by atoms with Gasteiger partial charge in [-0.3, -0.25) is 14.9 Å². The van der Waals surface area contributed by atoms with E-state index in [1.54, 1.807) is 23.5 Å². The van der Waals surface area contributed by atoms with Crippen molar-refractivity contribution in [3.8, 4) is 0 Å². The summed E-state index contributed by atoms with van der Waals surface area (Å²) >= 11 is 1.62. The summed E-state index contributed by atoms with van der Waals surface area (Å²) in [6, 6.07) is 8.84. The predicted octanol–water partition coefficient (Wildman–Crippen LogP) is 4.13. The number of carbonyl (C=O) groups excluding carboxylic acids is 1. The highest BCUT2D eigenvalue weighted by Gasteiger charge is 2.27. The molecule has 7 heteroatoms. The van der Waals surface area contributed by atoms with Crippen LogP contribution in [0.5, 0.6) is 0 Å². The van der Waals surface area contributed by atoms with Crippen molar-refractivity contribution >= 4 is 28.6 Å². The lowest BCUT2D eigenvalue weighted by molar-refractivity contribution is -0.384. The summed E-state index contributed by atoms with van der Waals surface area (Å²) in [4.78, 5) is 29.8. The number of aryl methyl sites for hydroxylation is 2. The summed E-state index contributed by atoms with van der Waals surface area (Å²) in [6.45, 7) is 6.64. The highest BCUT2D eigenvalue weighted by Crippen LogP contribution is 2.29. The second kappa shape index (κ2) is 8.52. The molecule has 0 aliphatic carbocycles. The number of nitro groups is 1. The molecule has 0 radical (unpaired) electrons. The van der Waals surface area contributed by atoms with E-state index in [9.17, 15) is 14.9 Å². The fraction of sp³-hybridized carbons (Fsp3) is 0.450. The lowest BCUT2D eigenvalue weighted by Gasteiger charge is -2.35. The number of hydrogen-bond donors (Lipinski definition) is 0. The Morgan fingerprint density at radius 1 is 1.19 bits per heavy atom. The van der Waals surface area contributed by atoms with Gasteiger partial charge in [-0.1, -0.05) is 32.4 Å². The Labute approximate surface area is 163 Å². The van der Waals surface area contributed by atoms with Crippen LogP contribution >= 0.6 is 11.3 Å². The molecule has 0 bridgehead atoms. The fourth-order valence-electron chi connectivity index (χ4n) is 3.50. The third-order valence-electron chi connectivity index (χ3n) is 4.95. The largest absolute Gasteiger partial charge is 0.362 e. The van der Waals surface area contributed by atoms with Gasteiger partial charge in [0.1, 0.15) is 5.69 Å². The number of amides is 1. The maximum atomic E-state index is 12.9. The van der Waals surface area contributed by atoms with E-state index in [4.69, 9.17) is 0 Å². The van der Waals surface area contributed by atoms with Crippen molar-refractivity contribution in [1.29, 1.82) is 0 Å². The maximum Gasteiger partial charge on any atom is 0.292 e. The third-order valence-corrected chi connectivity index (χ3v) is 6.18. The normalized spacial score (nSPS) is 14.4. The number of piperazine rings is 1. The zero-order valence-corrected chi connectivity index (χ0v) is 16.6. The SMILES string of the molecule is CCCc1sc(C(=O)N2CCN(c3ccccc3[N+](=O)[O-])CC2)cc1CC. The maximum absolute atomic E-state index is 12.9. The summed E-state index contributed by atoms with van der Waals surface area (Å²) < 4.78 is 0. The molecule has 1 aromatic heterocycles. The fourth-order valence-corrected chi connectivity index (χ4v) is 4.83. The van der Waals surface area contributed by atoms with E-state index in [-0.39, 0.29) is 16.5 Å². The van der Waals surface area contributed by atoms with Gasteiger partial charge in [0.25, 0.3) is 11.6 Å². The minimum absolute atomic E-state index is 0.0827. The molecule has 2 aromatic rings.